The number of hydrogen-bond donors (Lipinski definition) is 2. The van der Waals surface area contributed by atoms with Crippen molar-refractivity contribution in [2.75, 3.05) is 24.4 Å². The maximum absolute atomic E-state index is 12.6. The van der Waals surface area contributed by atoms with Crippen LogP contribution in [0.25, 0.3) is 11.1 Å². The Bertz CT molecular complexity index is 1170. The zero-order chi connectivity index (χ0) is 22.7. The molecule has 1 aromatic heterocycles. The third kappa shape index (κ3) is 4.18. The Balaban J connectivity index is 1.46. The normalized spacial score (nSPS) is 14.4. The molecule has 2 heterocycles. The number of carbonyl (C=O) groups is 3. The van der Waals surface area contributed by atoms with E-state index in [1.54, 1.807) is 44.5 Å². The third-order valence-corrected chi connectivity index (χ3v) is 5.07. The van der Waals surface area contributed by atoms with Gasteiger partial charge >= 0.3 is 5.97 Å². The van der Waals surface area contributed by atoms with Crippen LogP contribution in [0.2, 0.25) is 0 Å². The van der Waals surface area contributed by atoms with E-state index < -0.39 is 12.0 Å². The molecular formula is C23H22N4O5. The molecule has 1 unspecified atom stereocenters. The fraction of sp³-hybridized carbons (Fsp3) is 0.217. The number of nitrogens with one attached hydrogen (secondary N) is 2. The fourth-order valence-electron chi connectivity index (χ4n) is 3.51. The number of fused-ring (bicyclic) bond motifs is 1. The van der Waals surface area contributed by atoms with Gasteiger partial charge in [0.2, 0.25) is 5.91 Å². The highest BCUT2D eigenvalue weighted by molar-refractivity contribution is 6.04. The standard InChI is InChI=1S/C23H22N4O5/c1-3-32-23(30)14-7-9-16(10-8-14)25-20(28)12-19-22(29)26-21-18(13-24-27(19)21)15-5-4-6-17(11-15)31-2/h4-11,13,19H,3,12H2,1-2H3,(H,25,28)(H,26,29). The van der Waals surface area contributed by atoms with Crippen LogP contribution in [0.5, 0.6) is 5.75 Å². The van der Waals surface area contributed by atoms with E-state index in [2.05, 4.69) is 15.7 Å². The Labute approximate surface area is 184 Å². The van der Waals surface area contributed by atoms with E-state index in [1.807, 2.05) is 24.3 Å². The molecule has 0 bridgehead atoms. The maximum atomic E-state index is 12.6. The van der Waals surface area contributed by atoms with Gasteiger partial charge in [0.05, 0.1) is 31.9 Å². The molecule has 0 fully saturated rings. The molecule has 32 heavy (non-hydrogen) atoms. The SMILES string of the molecule is CCOC(=O)c1ccc(NC(=O)CC2C(=O)Nc3c(-c4cccc(OC)c4)cnn32)cc1. The van der Waals surface area contributed by atoms with Crippen LogP contribution >= 0.6 is 0 Å². The Hall–Kier alpha value is -4.14. The van der Waals surface area contributed by atoms with Crippen molar-refractivity contribution in [3.8, 4) is 16.9 Å². The second kappa shape index (κ2) is 8.93. The van der Waals surface area contributed by atoms with Gasteiger partial charge in [0.15, 0.2) is 0 Å². The molecule has 1 aliphatic heterocycles. The molecule has 1 atom stereocenters. The summed E-state index contributed by atoms with van der Waals surface area (Å²) < 4.78 is 11.7. The summed E-state index contributed by atoms with van der Waals surface area (Å²) >= 11 is 0. The molecule has 2 N–H and O–H groups in total. The van der Waals surface area contributed by atoms with Gasteiger partial charge in [-0.3, -0.25) is 9.59 Å². The first-order chi connectivity index (χ1) is 15.5. The second-order valence-electron chi connectivity index (χ2n) is 7.14. The molecule has 0 spiro atoms. The number of anilines is 2. The maximum Gasteiger partial charge on any atom is 0.338 e. The zero-order valence-electron chi connectivity index (χ0n) is 17.6. The summed E-state index contributed by atoms with van der Waals surface area (Å²) in [5, 5.41) is 9.90. The minimum absolute atomic E-state index is 0.0856. The minimum Gasteiger partial charge on any atom is -0.497 e. The molecule has 164 valence electrons. The molecule has 1 aliphatic rings. The molecule has 2 amide bonds. The predicted octanol–water partition coefficient (Wildman–Crippen LogP) is 3.26. The first-order valence-electron chi connectivity index (χ1n) is 10.1. The van der Waals surface area contributed by atoms with Gasteiger partial charge in [-0.05, 0) is 48.9 Å². The first-order valence-corrected chi connectivity index (χ1v) is 10.1. The fourth-order valence-corrected chi connectivity index (χ4v) is 3.51. The molecule has 9 nitrogen and oxygen atoms in total. The van der Waals surface area contributed by atoms with Crippen molar-refractivity contribution in [2.45, 2.75) is 19.4 Å². The third-order valence-electron chi connectivity index (χ3n) is 5.07. The summed E-state index contributed by atoms with van der Waals surface area (Å²) in [6.07, 6.45) is 1.57. The quantitative estimate of drug-likeness (QED) is 0.552. The van der Waals surface area contributed by atoms with Gasteiger partial charge in [-0.1, -0.05) is 12.1 Å². The van der Waals surface area contributed by atoms with Crippen molar-refractivity contribution >= 4 is 29.3 Å². The number of amides is 2. The summed E-state index contributed by atoms with van der Waals surface area (Å²) in [5.74, 6) is 0.160. The van der Waals surface area contributed by atoms with E-state index in [0.29, 0.717) is 22.8 Å². The highest BCUT2D eigenvalue weighted by atomic mass is 16.5. The molecule has 9 heteroatoms. The summed E-state index contributed by atoms with van der Waals surface area (Å²) in [6.45, 7) is 2.02. The molecule has 0 saturated heterocycles. The van der Waals surface area contributed by atoms with E-state index in [1.165, 1.54) is 4.68 Å². The van der Waals surface area contributed by atoms with Crippen molar-refractivity contribution in [1.82, 2.24) is 9.78 Å². The Morgan fingerprint density at radius 2 is 1.97 bits per heavy atom. The Morgan fingerprint density at radius 3 is 2.69 bits per heavy atom. The number of carbonyl (C=O) groups excluding carboxylic acids is 3. The lowest BCUT2D eigenvalue weighted by molar-refractivity contribution is -0.123. The number of ether oxygens (including phenoxy) is 2. The molecule has 0 saturated carbocycles. The van der Waals surface area contributed by atoms with E-state index in [4.69, 9.17) is 9.47 Å². The van der Waals surface area contributed by atoms with Gasteiger partial charge in [-0.15, -0.1) is 0 Å². The van der Waals surface area contributed by atoms with Crippen molar-refractivity contribution in [3.05, 3.63) is 60.3 Å². The highest BCUT2D eigenvalue weighted by Crippen LogP contribution is 2.36. The lowest BCUT2D eigenvalue weighted by atomic mass is 10.1. The number of methoxy groups -OCH3 is 1. The van der Waals surface area contributed by atoms with Gasteiger partial charge in [-0.2, -0.15) is 5.10 Å². The lowest BCUT2D eigenvalue weighted by Gasteiger charge is -2.10. The number of nitrogens with zero attached hydrogens (tertiary/aromatic N) is 2. The monoisotopic (exact) mass is 434 g/mol. The zero-order valence-corrected chi connectivity index (χ0v) is 17.6. The minimum atomic E-state index is -0.761. The largest absolute Gasteiger partial charge is 0.497 e. The van der Waals surface area contributed by atoms with E-state index in [0.717, 1.165) is 11.1 Å². The van der Waals surface area contributed by atoms with Gasteiger partial charge in [0, 0.05) is 11.3 Å². The molecule has 0 aliphatic carbocycles. The Morgan fingerprint density at radius 1 is 1.19 bits per heavy atom. The number of aromatic nitrogens is 2. The number of rotatable bonds is 7. The Kier molecular flexibility index (Phi) is 5.89. The van der Waals surface area contributed by atoms with Gasteiger partial charge < -0.3 is 20.1 Å². The van der Waals surface area contributed by atoms with Crippen molar-refractivity contribution in [3.63, 3.8) is 0 Å². The van der Waals surface area contributed by atoms with Gasteiger partial charge in [-0.25, -0.2) is 9.48 Å². The van der Waals surface area contributed by atoms with Crippen LogP contribution in [0.15, 0.2) is 54.7 Å². The second-order valence-corrected chi connectivity index (χ2v) is 7.14. The topological polar surface area (TPSA) is 112 Å². The lowest BCUT2D eigenvalue weighted by Crippen LogP contribution is -2.23. The van der Waals surface area contributed by atoms with Crippen LogP contribution in [0.1, 0.15) is 29.7 Å². The highest BCUT2D eigenvalue weighted by Gasteiger charge is 2.35. The van der Waals surface area contributed by atoms with Crippen LogP contribution in [0.4, 0.5) is 11.5 Å². The van der Waals surface area contributed by atoms with Crippen molar-refractivity contribution in [2.24, 2.45) is 0 Å². The van der Waals surface area contributed by atoms with Crippen LogP contribution in [0, 0.1) is 0 Å². The first kappa shape index (κ1) is 21.1. The molecule has 4 rings (SSSR count). The molecule has 2 aromatic carbocycles. The summed E-state index contributed by atoms with van der Waals surface area (Å²) in [7, 11) is 1.59. The van der Waals surface area contributed by atoms with Crippen LogP contribution < -0.4 is 15.4 Å². The van der Waals surface area contributed by atoms with Gasteiger partial charge in [0.25, 0.3) is 5.91 Å². The van der Waals surface area contributed by atoms with Crippen molar-refractivity contribution < 1.29 is 23.9 Å². The average Bonchev–Trinajstić information content (AvgIpc) is 3.33. The van der Waals surface area contributed by atoms with Crippen molar-refractivity contribution in [1.29, 1.82) is 0 Å². The molecule has 0 radical (unpaired) electrons. The number of benzene rings is 2. The summed E-state index contributed by atoms with van der Waals surface area (Å²) in [5.41, 5.74) is 2.50. The summed E-state index contributed by atoms with van der Waals surface area (Å²) in [4.78, 5) is 36.8. The number of hydrogen-bond acceptors (Lipinski definition) is 6. The van der Waals surface area contributed by atoms with Gasteiger partial charge in [0.1, 0.15) is 17.6 Å². The van der Waals surface area contributed by atoms with E-state index in [9.17, 15) is 14.4 Å². The smallest absolute Gasteiger partial charge is 0.338 e. The van der Waals surface area contributed by atoms with E-state index in [-0.39, 0.29) is 24.8 Å². The van der Waals surface area contributed by atoms with Crippen LogP contribution in [-0.4, -0.2) is 41.3 Å². The van der Waals surface area contributed by atoms with Crippen LogP contribution in [0.3, 0.4) is 0 Å². The number of esters is 1. The van der Waals surface area contributed by atoms with Crippen LogP contribution in [-0.2, 0) is 14.3 Å². The molecular weight excluding hydrogens is 412 g/mol. The van der Waals surface area contributed by atoms with E-state index >= 15 is 0 Å². The average molecular weight is 434 g/mol. The summed E-state index contributed by atoms with van der Waals surface area (Å²) in [6, 6.07) is 13.0. The predicted molar refractivity (Wildman–Crippen MR) is 118 cm³/mol. The molecule has 3 aromatic rings.